The van der Waals surface area contributed by atoms with Gasteiger partial charge >= 0.3 is 5.97 Å². The van der Waals surface area contributed by atoms with E-state index in [0.717, 1.165) is 30.4 Å². The van der Waals surface area contributed by atoms with Gasteiger partial charge in [0.2, 0.25) is 0 Å². The van der Waals surface area contributed by atoms with Gasteiger partial charge in [0.05, 0.1) is 19.1 Å². The summed E-state index contributed by atoms with van der Waals surface area (Å²) in [4.78, 5) is 23.9. The molecule has 142 valence electrons. The normalized spacial score (nSPS) is 15.5. The number of amides is 1. The van der Waals surface area contributed by atoms with Gasteiger partial charge in [-0.25, -0.2) is 0 Å². The van der Waals surface area contributed by atoms with Crippen molar-refractivity contribution in [2.24, 2.45) is 0 Å². The van der Waals surface area contributed by atoms with Crippen molar-refractivity contribution >= 4 is 11.9 Å². The average Bonchev–Trinajstić information content (AvgIpc) is 2.68. The first-order valence-corrected chi connectivity index (χ1v) is 9.34. The summed E-state index contributed by atoms with van der Waals surface area (Å²) >= 11 is 0. The Morgan fingerprint density at radius 1 is 1.11 bits per heavy atom. The van der Waals surface area contributed by atoms with E-state index in [2.05, 4.69) is 11.4 Å². The fraction of sp³-hybridized carbons (Fsp3) is 0.364. The van der Waals surface area contributed by atoms with Crippen LogP contribution < -0.4 is 10.1 Å². The molecule has 0 radical (unpaired) electrons. The summed E-state index contributed by atoms with van der Waals surface area (Å²) in [5.41, 5.74) is 3.59. The summed E-state index contributed by atoms with van der Waals surface area (Å²) in [5, 5.41) is 2.97. The number of esters is 1. The van der Waals surface area contributed by atoms with Gasteiger partial charge in [-0.2, -0.15) is 0 Å². The molecule has 1 amide bonds. The van der Waals surface area contributed by atoms with Gasteiger partial charge in [-0.15, -0.1) is 0 Å². The lowest BCUT2D eigenvalue weighted by atomic mass is 9.88. The molecule has 3 rings (SSSR count). The van der Waals surface area contributed by atoms with E-state index in [4.69, 9.17) is 9.47 Å². The van der Waals surface area contributed by atoms with E-state index < -0.39 is 5.97 Å². The summed E-state index contributed by atoms with van der Waals surface area (Å²) in [6.45, 7) is 1.96. The van der Waals surface area contributed by atoms with Gasteiger partial charge in [0.25, 0.3) is 5.91 Å². The van der Waals surface area contributed by atoms with Crippen molar-refractivity contribution in [1.82, 2.24) is 5.32 Å². The van der Waals surface area contributed by atoms with Crippen molar-refractivity contribution in [2.75, 3.05) is 13.2 Å². The second-order valence-corrected chi connectivity index (χ2v) is 6.78. The lowest BCUT2D eigenvalue weighted by molar-refractivity contribution is -0.149. The minimum atomic E-state index is -0.443. The summed E-state index contributed by atoms with van der Waals surface area (Å²) in [6, 6.07) is 15.7. The Balaban J connectivity index is 1.38. The molecule has 0 spiro atoms. The lowest BCUT2D eigenvalue weighted by Crippen LogP contribution is -2.34. The standard InChI is InChI=1S/C22H25NO4/c1-16-9-11-18(12-10-16)26-14-13-22(25)27-15-21(24)23-20-8-4-6-17-5-2-3-7-19(17)20/h2-3,5,7,9-12,20H,4,6,8,13-15H2,1H3,(H,23,24). The SMILES string of the molecule is Cc1ccc(OCCC(=O)OCC(=O)NC2CCCc3ccccc32)cc1. The van der Waals surface area contributed by atoms with Gasteiger partial charge in [0, 0.05) is 0 Å². The molecular formula is C22H25NO4. The first-order chi connectivity index (χ1) is 13.1. The molecule has 1 atom stereocenters. The zero-order valence-electron chi connectivity index (χ0n) is 15.6. The Kier molecular flexibility index (Phi) is 6.47. The van der Waals surface area contributed by atoms with Crippen LogP contribution in [0.25, 0.3) is 0 Å². The Labute approximate surface area is 159 Å². The highest BCUT2D eigenvalue weighted by Gasteiger charge is 2.21. The maximum Gasteiger partial charge on any atom is 0.309 e. The zero-order chi connectivity index (χ0) is 19.1. The Morgan fingerprint density at radius 3 is 2.70 bits per heavy atom. The number of benzene rings is 2. The van der Waals surface area contributed by atoms with Crippen LogP contribution in [0.5, 0.6) is 5.75 Å². The molecule has 5 nitrogen and oxygen atoms in total. The van der Waals surface area contributed by atoms with Crippen molar-refractivity contribution in [1.29, 1.82) is 0 Å². The number of hydrogen-bond acceptors (Lipinski definition) is 4. The summed E-state index contributed by atoms with van der Waals surface area (Å²) < 4.78 is 10.6. The molecule has 1 aliphatic rings. The minimum absolute atomic E-state index is 0.00831. The van der Waals surface area contributed by atoms with Crippen LogP contribution in [0.1, 0.15) is 42.0 Å². The molecule has 2 aromatic rings. The molecular weight excluding hydrogens is 342 g/mol. The molecule has 0 aromatic heterocycles. The first-order valence-electron chi connectivity index (χ1n) is 9.34. The highest BCUT2D eigenvalue weighted by Crippen LogP contribution is 2.29. The number of hydrogen-bond donors (Lipinski definition) is 1. The lowest BCUT2D eigenvalue weighted by Gasteiger charge is -2.26. The number of carbonyl (C=O) groups is 2. The quantitative estimate of drug-likeness (QED) is 0.761. The van der Waals surface area contributed by atoms with Crippen LogP contribution in [0.3, 0.4) is 0 Å². The number of carbonyl (C=O) groups excluding carboxylic acids is 2. The van der Waals surface area contributed by atoms with Crippen molar-refractivity contribution in [3.05, 3.63) is 65.2 Å². The van der Waals surface area contributed by atoms with E-state index in [1.54, 1.807) is 0 Å². The molecule has 1 aliphatic carbocycles. The number of rotatable bonds is 7. The van der Waals surface area contributed by atoms with Crippen LogP contribution in [0.4, 0.5) is 0 Å². The molecule has 0 fully saturated rings. The second kappa shape index (κ2) is 9.21. The fourth-order valence-electron chi connectivity index (χ4n) is 3.24. The molecule has 5 heteroatoms. The Morgan fingerprint density at radius 2 is 1.89 bits per heavy atom. The maximum atomic E-state index is 12.1. The van der Waals surface area contributed by atoms with Crippen molar-refractivity contribution < 1.29 is 19.1 Å². The molecule has 1 unspecified atom stereocenters. The van der Waals surface area contributed by atoms with Crippen LogP contribution >= 0.6 is 0 Å². The van der Waals surface area contributed by atoms with Gasteiger partial charge in [0.15, 0.2) is 6.61 Å². The van der Waals surface area contributed by atoms with Crippen molar-refractivity contribution in [3.63, 3.8) is 0 Å². The largest absolute Gasteiger partial charge is 0.493 e. The molecule has 0 saturated carbocycles. The monoisotopic (exact) mass is 367 g/mol. The molecule has 0 aliphatic heterocycles. The van der Waals surface area contributed by atoms with Gasteiger partial charge < -0.3 is 14.8 Å². The number of nitrogens with one attached hydrogen (secondary N) is 1. The summed E-state index contributed by atoms with van der Waals surface area (Å²) in [5.74, 6) is -0.00656. The van der Waals surface area contributed by atoms with Gasteiger partial charge in [-0.1, -0.05) is 42.0 Å². The average molecular weight is 367 g/mol. The molecule has 2 aromatic carbocycles. The fourth-order valence-corrected chi connectivity index (χ4v) is 3.24. The third-order valence-corrected chi connectivity index (χ3v) is 4.66. The second-order valence-electron chi connectivity index (χ2n) is 6.78. The highest BCUT2D eigenvalue weighted by atomic mass is 16.5. The van der Waals surface area contributed by atoms with Crippen LogP contribution in [-0.2, 0) is 20.7 Å². The van der Waals surface area contributed by atoms with Crippen LogP contribution in [0.2, 0.25) is 0 Å². The van der Waals surface area contributed by atoms with Crippen LogP contribution in [-0.4, -0.2) is 25.1 Å². The molecule has 27 heavy (non-hydrogen) atoms. The van der Waals surface area contributed by atoms with Crippen molar-refractivity contribution in [3.8, 4) is 5.75 Å². The predicted molar refractivity (Wildman–Crippen MR) is 103 cm³/mol. The van der Waals surface area contributed by atoms with Gasteiger partial charge in [-0.3, -0.25) is 9.59 Å². The maximum absolute atomic E-state index is 12.1. The van der Waals surface area contributed by atoms with E-state index in [1.165, 1.54) is 5.56 Å². The molecule has 0 bridgehead atoms. The molecule has 0 saturated heterocycles. The smallest absolute Gasteiger partial charge is 0.309 e. The molecule has 0 heterocycles. The highest BCUT2D eigenvalue weighted by molar-refractivity contribution is 5.81. The van der Waals surface area contributed by atoms with Crippen LogP contribution in [0.15, 0.2) is 48.5 Å². The van der Waals surface area contributed by atoms with E-state index in [9.17, 15) is 9.59 Å². The Hall–Kier alpha value is -2.82. The molecule has 1 N–H and O–H groups in total. The summed E-state index contributed by atoms with van der Waals surface area (Å²) in [6.07, 6.45) is 3.09. The van der Waals surface area contributed by atoms with E-state index >= 15 is 0 Å². The van der Waals surface area contributed by atoms with E-state index in [1.807, 2.05) is 49.4 Å². The third-order valence-electron chi connectivity index (χ3n) is 4.66. The predicted octanol–water partition coefficient (Wildman–Crippen LogP) is 3.50. The van der Waals surface area contributed by atoms with Gasteiger partial charge in [0.1, 0.15) is 5.75 Å². The van der Waals surface area contributed by atoms with Gasteiger partial charge in [-0.05, 0) is 49.4 Å². The topological polar surface area (TPSA) is 64.6 Å². The Bertz CT molecular complexity index is 785. The van der Waals surface area contributed by atoms with Crippen LogP contribution in [0, 0.1) is 6.92 Å². The minimum Gasteiger partial charge on any atom is -0.493 e. The summed E-state index contributed by atoms with van der Waals surface area (Å²) in [7, 11) is 0. The number of ether oxygens (including phenoxy) is 2. The number of aryl methyl sites for hydroxylation is 2. The van der Waals surface area contributed by atoms with Crippen molar-refractivity contribution in [2.45, 2.75) is 38.6 Å². The van der Waals surface area contributed by atoms with E-state index in [-0.39, 0.29) is 31.6 Å². The van der Waals surface area contributed by atoms with E-state index in [0.29, 0.717) is 5.75 Å². The first kappa shape index (κ1) is 19.0. The third kappa shape index (κ3) is 5.58. The number of fused-ring (bicyclic) bond motifs is 1. The zero-order valence-corrected chi connectivity index (χ0v) is 15.6.